The Balaban J connectivity index is 1.64. The second-order valence-electron chi connectivity index (χ2n) is 8.31. The number of hydrogen-bond donors (Lipinski definition) is 2. The van der Waals surface area contributed by atoms with Crippen molar-refractivity contribution in [2.24, 2.45) is 7.05 Å². The predicted octanol–water partition coefficient (Wildman–Crippen LogP) is 5.84. The maximum absolute atomic E-state index is 13.8. The lowest BCUT2D eigenvalue weighted by Crippen LogP contribution is -2.09. The van der Waals surface area contributed by atoms with Crippen LogP contribution in [0.4, 0.5) is 4.39 Å². The van der Waals surface area contributed by atoms with Crippen LogP contribution in [-0.2, 0) is 13.5 Å². The van der Waals surface area contributed by atoms with Gasteiger partial charge in [-0.2, -0.15) is 5.10 Å². The first-order valence-electron chi connectivity index (χ1n) is 11.4. The second-order valence-corrected chi connectivity index (χ2v) is 8.31. The number of hydrogen-bond acceptors (Lipinski definition) is 4. The lowest BCUT2D eigenvalue weighted by molar-refractivity contribution is 0.628. The first-order valence-corrected chi connectivity index (χ1v) is 11.4. The Morgan fingerprint density at radius 2 is 2.03 bits per heavy atom. The van der Waals surface area contributed by atoms with E-state index in [2.05, 4.69) is 47.4 Å². The summed E-state index contributed by atoms with van der Waals surface area (Å²) in [6.07, 6.45) is 8.61. The van der Waals surface area contributed by atoms with E-state index in [1.807, 2.05) is 49.3 Å². The number of halogens is 1. The fourth-order valence-corrected chi connectivity index (χ4v) is 3.99. The van der Waals surface area contributed by atoms with Gasteiger partial charge in [-0.15, -0.1) is 0 Å². The van der Waals surface area contributed by atoms with Crippen LogP contribution >= 0.6 is 0 Å². The zero-order valence-electron chi connectivity index (χ0n) is 20.5. The van der Waals surface area contributed by atoms with E-state index in [1.54, 1.807) is 12.3 Å². The smallest absolute Gasteiger partial charge is 0.138 e. The minimum absolute atomic E-state index is 0.320. The highest BCUT2D eigenvalue weighted by molar-refractivity contribution is 5.92. The van der Waals surface area contributed by atoms with Crippen LogP contribution in [0.3, 0.4) is 0 Å². The number of aromatic amines is 1. The fraction of sp³-hybridized carbons (Fsp3) is 0.179. The molecule has 0 saturated carbocycles. The molecule has 0 atom stereocenters. The zero-order valence-corrected chi connectivity index (χ0v) is 20.5. The summed E-state index contributed by atoms with van der Waals surface area (Å²) in [5.74, 6) is 0.261. The Hall–Kier alpha value is -4.26. The maximum atomic E-state index is 13.8. The lowest BCUT2D eigenvalue weighted by Gasteiger charge is -2.11. The highest BCUT2D eigenvalue weighted by Gasteiger charge is 2.16. The van der Waals surface area contributed by atoms with Crippen molar-refractivity contribution in [1.82, 2.24) is 30.0 Å². The van der Waals surface area contributed by atoms with Crippen LogP contribution < -0.4 is 5.32 Å². The second kappa shape index (κ2) is 9.93. The highest BCUT2D eigenvalue weighted by atomic mass is 19.1. The number of nitrogens with zero attached hydrogens (tertiary/aromatic N) is 4. The molecule has 3 aromatic heterocycles. The predicted molar refractivity (Wildman–Crippen MR) is 141 cm³/mol. The van der Waals surface area contributed by atoms with Gasteiger partial charge in [0.25, 0.3) is 0 Å². The van der Waals surface area contributed by atoms with Crippen molar-refractivity contribution < 1.29 is 4.39 Å². The van der Waals surface area contributed by atoms with Crippen molar-refractivity contribution in [3.63, 3.8) is 0 Å². The van der Waals surface area contributed by atoms with Crippen molar-refractivity contribution in [3.8, 4) is 11.3 Å². The molecule has 0 unspecified atom stereocenters. The summed E-state index contributed by atoms with van der Waals surface area (Å²) < 4.78 is 15.6. The number of rotatable bonds is 8. The number of aryl methyl sites for hydroxylation is 2. The number of fused-ring (bicyclic) bond motifs is 1. The Bertz CT molecular complexity index is 1480. The molecule has 2 N–H and O–H groups in total. The first-order chi connectivity index (χ1) is 16.8. The van der Waals surface area contributed by atoms with Crippen LogP contribution in [0.25, 0.3) is 33.4 Å². The molecule has 7 heteroatoms. The molecule has 0 fully saturated rings. The minimum Gasteiger partial charge on any atom is -0.388 e. The number of imidazole rings is 1. The maximum Gasteiger partial charge on any atom is 0.138 e. The van der Waals surface area contributed by atoms with E-state index in [-0.39, 0.29) is 5.82 Å². The van der Waals surface area contributed by atoms with Crippen molar-refractivity contribution in [1.29, 1.82) is 0 Å². The molecule has 0 bridgehead atoms. The van der Waals surface area contributed by atoms with E-state index >= 15 is 0 Å². The third-order valence-electron chi connectivity index (χ3n) is 5.91. The van der Waals surface area contributed by atoms with E-state index in [0.717, 1.165) is 34.5 Å². The first kappa shape index (κ1) is 23.9. The number of pyridine rings is 1. The van der Waals surface area contributed by atoms with Gasteiger partial charge in [0.15, 0.2) is 0 Å². The molecule has 0 aliphatic rings. The summed E-state index contributed by atoms with van der Waals surface area (Å²) >= 11 is 0. The quantitative estimate of drug-likeness (QED) is 0.319. The molecule has 4 rings (SSSR count). The van der Waals surface area contributed by atoms with Crippen LogP contribution in [0.5, 0.6) is 0 Å². The minimum atomic E-state index is -0.320. The summed E-state index contributed by atoms with van der Waals surface area (Å²) in [5, 5.41) is 7.73. The monoisotopic (exact) mass is 468 g/mol. The lowest BCUT2D eigenvalue weighted by atomic mass is 10.0. The van der Waals surface area contributed by atoms with Gasteiger partial charge in [-0.05, 0) is 43.2 Å². The van der Waals surface area contributed by atoms with Crippen LogP contribution in [0, 0.1) is 5.82 Å². The van der Waals surface area contributed by atoms with E-state index in [0.29, 0.717) is 33.7 Å². The van der Waals surface area contributed by atoms with Crippen molar-refractivity contribution in [3.05, 3.63) is 102 Å². The third kappa shape index (κ3) is 4.84. The van der Waals surface area contributed by atoms with Crippen molar-refractivity contribution >= 4 is 22.2 Å². The van der Waals surface area contributed by atoms with Gasteiger partial charge >= 0.3 is 0 Å². The zero-order chi connectivity index (χ0) is 25.1. The fourth-order valence-electron chi connectivity index (χ4n) is 3.99. The average Bonchev–Trinajstić information content (AvgIpc) is 3.46. The molecule has 0 aliphatic heterocycles. The van der Waals surface area contributed by atoms with Crippen molar-refractivity contribution in [2.75, 3.05) is 7.05 Å². The summed E-state index contributed by atoms with van der Waals surface area (Å²) in [5.41, 5.74) is 8.18. The average molecular weight is 469 g/mol. The van der Waals surface area contributed by atoms with Crippen LogP contribution in [0.15, 0.2) is 79.3 Å². The van der Waals surface area contributed by atoms with E-state index in [4.69, 9.17) is 4.98 Å². The van der Waals surface area contributed by atoms with E-state index in [9.17, 15) is 4.39 Å². The summed E-state index contributed by atoms with van der Waals surface area (Å²) in [4.78, 5) is 12.5. The Kier molecular flexibility index (Phi) is 6.78. The molecule has 3 heterocycles. The molecule has 35 heavy (non-hydrogen) atoms. The summed E-state index contributed by atoms with van der Waals surface area (Å²) in [6.45, 7) is 12.7. The molecule has 0 radical (unpaired) electrons. The number of benzene rings is 1. The van der Waals surface area contributed by atoms with Gasteiger partial charge < -0.3 is 10.3 Å². The number of allylic oxidation sites excluding steroid dienone is 4. The molecule has 6 nitrogen and oxygen atoms in total. The van der Waals surface area contributed by atoms with Gasteiger partial charge in [0, 0.05) is 54.5 Å². The Morgan fingerprint density at radius 1 is 1.23 bits per heavy atom. The standard InChI is InChI=1S/C28H29FN6/c1-7-23-22(16-35(6)34-23)17(2)11-12-24(30-5)18(3)19(4)28-32-25-13-14-31-26(27(25)33-28)20-9-8-10-21(29)15-20/h8-16,30H,3-4,7H2,1-2,5-6H3,(H,32,33)/b17-11+,24-12+. The van der Waals surface area contributed by atoms with Gasteiger partial charge in [0.05, 0.1) is 16.9 Å². The molecule has 0 spiro atoms. The summed E-state index contributed by atoms with van der Waals surface area (Å²) in [6, 6.07) is 8.17. The molecule has 0 amide bonds. The van der Waals surface area contributed by atoms with E-state index < -0.39 is 0 Å². The third-order valence-corrected chi connectivity index (χ3v) is 5.91. The molecular weight excluding hydrogens is 439 g/mol. The number of H-pyrrole nitrogens is 1. The Morgan fingerprint density at radius 3 is 2.74 bits per heavy atom. The van der Waals surface area contributed by atoms with Gasteiger partial charge in [0.2, 0.25) is 0 Å². The summed E-state index contributed by atoms with van der Waals surface area (Å²) in [7, 11) is 3.78. The van der Waals surface area contributed by atoms with Crippen LogP contribution in [0.1, 0.15) is 30.9 Å². The number of nitrogens with one attached hydrogen (secondary N) is 2. The number of aromatic nitrogens is 5. The van der Waals surface area contributed by atoms with Gasteiger partial charge in [-0.1, -0.05) is 38.3 Å². The highest BCUT2D eigenvalue weighted by Crippen LogP contribution is 2.29. The SMILES string of the molecule is C=C(C(=C)c1nc2c(-c3cccc(F)c3)nccc2[nH]1)/C(=C\C=C(/C)c1cn(C)nc1CC)NC. The molecule has 0 aliphatic carbocycles. The topological polar surface area (TPSA) is 71.4 Å². The van der Waals surface area contributed by atoms with Crippen LogP contribution in [0.2, 0.25) is 0 Å². The van der Waals surface area contributed by atoms with Gasteiger partial charge in [0.1, 0.15) is 17.2 Å². The van der Waals surface area contributed by atoms with E-state index in [1.165, 1.54) is 12.1 Å². The molecule has 1 aromatic carbocycles. The largest absolute Gasteiger partial charge is 0.388 e. The Labute approximate surface area is 204 Å². The molecule has 0 saturated heterocycles. The van der Waals surface area contributed by atoms with Crippen molar-refractivity contribution in [2.45, 2.75) is 20.3 Å². The molecular formula is C28H29FN6. The van der Waals surface area contributed by atoms with Gasteiger partial charge in [-0.25, -0.2) is 9.37 Å². The van der Waals surface area contributed by atoms with Gasteiger partial charge in [-0.3, -0.25) is 9.67 Å². The molecule has 178 valence electrons. The molecule has 4 aromatic rings. The van der Waals surface area contributed by atoms with Crippen LogP contribution in [-0.4, -0.2) is 31.8 Å². The normalized spacial score (nSPS) is 12.3. The number of likely N-dealkylation sites (N-methyl/N-ethyl adjacent to an activating group) is 1.